The van der Waals surface area contributed by atoms with Gasteiger partial charge in [-0.15, -0.1) is 0 Å². The van der Waals surface area contributed by atoms with E-state index in [9.17, 15) is 9.18 Å². The van der Waals surface area contributed by atoms with Gasteiger partial charge in [0.2, 0.25) is 0 Å². The quantitative estimate of drug-likeness (QED) is 0.870. The van der Waals surface area contributed by atoms with Gasteiger partial charge < -0.3 is 5.32 Å². The number of halogens is 1. The molecule has 1 aromatic carbocycles. The van der Waals surface area contributed by atoms with Crippen LogP contribution in [0.1, 0.15) is 47.2 Å². The number of aryl methyl sites for hydroxylation is 1. The summed E-state index contributed by atoms with van der Waals surface area (Å²) in [6, 6.07) is 3.57. The van der Waals surface area contributed by atoms with E-state index in [0.717, 1.165) is 24.8 Å². The third-order valence-electron chi connectivity index (χ3n) is 3.75. The molecule has 0 radical (unpaired) electrons. The number of hydrogen-bond donors (Lipinski definition) is 1. The predicted octanol–water partition coefficient (Wildman–Crippen LogP) is 2.98. The minimum Gasteiger partial charge on any atom is -0.349 e. The zero-order valence-electron chi connectivity index (χ0n) is 10.6. The van der Waals surface area contributed by atoms with Crippen LogP contribution in [0.15, 0.2) is 12.1 Å². The molecule has 0 aliphatic heterocycles. The van der Waals surface area contributed by atoms with Gasteiger partial charge in [-0.2, -0.15) is 0 Å². The second-order valence-corrected chi connectivity index (χ2v) is 5.65. The van der Waals surface area contributed by atoms with Crippen LogP contribution < -0.4 is 5.32 Å². The lowest BCUT2D eigenvalue weighted by molar-refractivity contribution is 0.0949. The summed E-state index contributed by atoms with van der Waals surface area (Å²) < 4.78 is 13.6. The molecule has 3 heteroatoms. The maximum atomic E-state index is 13.6. The lowest BCUT2D eigenvalue weighted by atomic mass is 9.98. The van der Waals surface area contributed by atoms with Crippen molar-refractivity contribution < 1.29 is 9.18 Å². The van der Waals surface area contributed by atoms with Gasteiger partial charge in [-0.25, -0.2) is 4.39 Å². The van der Waals surface area contributed by atoms with Crippen LogP contribution in [0.4, 0.5) is 4.39 Å². The van der Waals surface area contributed by atoms with Crippen molar-refractivity contribution in [1.29, 1.82) is 0 Å². The summed E-state index contributed by atoms with van der Waals surface area (Å²) in [7, 11) is 0. The Bertz CT molecular complexity index is 490. The Labute approximate surface area is 107 Å². The molecule has 0 unspecified atom stereocenters. The molecule has 0 bridgehead atoms. The molecule has 1 aromatic rings. The van der Waals surface area contributed by atoms with Crippen molar-refractivity contribution in [2.75, 3.05) is 0 Å². The Kier molecular flexibility index (Phi) is 2.84. The summed E-state index contributed by atoms with van der Waals surface area (Å²) in [4.78, 5) is 12.1. The Balaban J connectivity index is 1.87. The van der Waals surface area contributed by atoms with E-state index in [-0.39, 0.29) is 11.7 Å². The third kappa shape index (κ3) is 2.55. The fourth-order valence-corrected chi connectivity index (χ4v) is 2.25. The molecular formula is C15H18FNO. The zero-order chi connectivity index (χ0) is 12.7. The second kappa shape index (κ2) is 4.38. The summed E-state index contributed by atoms with van der Waals surface area (Å²) in [6.07, 6.45) is 5.49. The lowest BCUT2D eigenvalue weighted by Crippen LogP contribution is -2.26. The zero-order valence-corrected chi connectivity index (χ0v) is 10.6. The largest absolute Gasteiger partial charge is 0.349 e. The SMILES string of the molecule is Cc1cc(CC2CC2)c(C(=O)NC2CC2)cc1F. The van der Waals surface area contributed by atoms with Crippen molar-refractivity contribution in [2.24, 2.45) is 5.92 Å². The molecule has 3 rings (SSSR count). The highest BCUT2D eigenvalue weighted by molar-refractivity contribution is 5.96. The van der Waals surface area contributed by atoms with Gasteiger partial charge in [0.25, 0.3) is 5.91 Å². The molecule has 0 atom stereocenters. The third-order valence-corrected chi connectivity index (χ3v) is 3.75. The van der Waals surface area contributed by atoms with Gasteiger partial charge in [-0.1, -0.05) is 6.07 Å². The fourth-order valence-electron chi connectivity index (χ4n) is 2.25. The van der Waals surface area contributed by atoms with Crippen LogP contribution in [-0.4, -0.2) is 11.9 Å². The van der Waals surface area contributed by atoms with Gasteiger partial charge in [-0.05, 0) is 62.1 Å². The van der Waals surface area contributed by atoms with E-state index in [1.807, 2.05) is 6.07 Å². The summed E-state index contributed by atoms with van der Waals surface area (Å²) >= 11 is 0. The van der Waals surface area contributed by atoms with Crippen LogP contribution in [0, 0.1) is 18.7 Å². The topological polar surface area (TPSA) is 29.1 Å². The van der Waals surface area contributed by atoms with Crippen LogP contribution in [-0.2, 0) is 6.42 Å². The van der Waals surface area contributed by atoms with E-state index in [1.54, 1.807) is 6.92 Å². The van der Waals surface area contributed by atoms with Crippen LogP contribution in [0.2, 0.25) is 0 Å². The molecule has 1 N–H and O–H groups in total. The Morgan fingerprint density at radius 1 is 1.33 bits per heavy atom. The second-order valence-electron chi connectivity index (χ2n) is 5.65. The lowest BCUT2D eigenvalue weighted by Gasteiger charge is -2.11. The number of carbonyl (C=O) groups is 1. The number of carbonyl (C=O) groups excluding carboxylic acids is 1. The standard InChI is InChI=1S/C15H18FNO/c1-9-6-11(7-10-2-3-10)13(8-14(9)16)15(18)17-12-4-5-12/h6,8,10,12H,2-5,7H2,1H3,(H,17,18). The highest BCUT2D eigenvalue weighted by Gasteiger charge is 2.27. The number of amides is 1. The first-order chi connectivity index (χ1) is 8.63. The number of hydrogen-bond acceptors (Lipinski definition) is 1. The van der Waals surface area contributed by atoms with Crippen molar-refractivity contribution >= 4 is 5.91 Å². The molecule has 0 spiro atoms. The first-order valence-electron chi connectivity index (χ1n) is 6.73. The predicted molar refractivity (Wildman–Crippen MR) is 68.1 cm³/mol. The summed E-state index contributed by atoms with van der Waals surface area (Å²) in [5.74, 6) is 0.310. The molecule has 0 heterocycles. The van der Waals surface area contributed by atoms with Crippen LogP contribution in [0.25, 0.3) is 0 Å². The average Bonchev–Trinajstić information content (AvgIpc) is 3.18. The molecule has 2 aliphatic rings. The summed E-state index contributed by atoms with van der Waals surface area (Å²) in [5.41, 5.74) is 2.18. The first-order valence-corrected chi connectivity index (χ1v) is 6.73. The number of rotatable bonds is 4. The average molecular weight is 247 g/mol. The monoisotopic (exact) mass is 247 g/mol. The highest BCUT2D eigenvalue weighted by atomic mass is 19.1. The minimum absolute atomic E-state index is 0.105. The van der Waals surface area contributed by atoms with Crippen LogP contribution in [0.5, 0.6) is 0 Å². The fraction of sp³-hybridized carbons (Fsp3) is 0.533. The molecule has 96 valence electrons. The summed E-state index contributed by atoms with van der Waals surface area (Å²) in [6.45, 7) is 1.76. The molecule has 2 saturated carbocycles. The van der Waals surface area contributed by atoms with Crippen molar-refractivity contribution in [3.05, 3.63) is 34.6 Å². The van der Waals surface area contributed by atoms with E-state index < -0.39 is 0 Å². The van der Waals surface area contributed by atoms with E-state index in [0.29, 0.717) is 23.1 Å². The molecule has 2 fully saturated rings. The van der Waals surface area contributed by atoms with Gasteiger partial charge in [0.1, 0.15) is 5.82 Å². The van der Waals surface area contributed by atoms with Crippen molar-refractivity contribution in [3.63, 3.8) is 0 Å². The van der Waals surface area contributed by atoms with Gasteiger partial charge in [-0.3, -0.25) is 4.79 Å². The van der Waals surface area contributed by atoms with Crippen LogP contribution in [0.3, 0.4) is 0 Å². The molecular weight excluding hydrogens is 229 g/mol. The van der Waals surface area contributed by atoms with E-state index >= 15 is 0 Å². The van der Waals surface area contributed by atoms with E-state index in [2.05, 4.69) is 5.32 Å². The van der Waals surface area contributed by atoms with Crippen molar-refractivity contribution in [3.8, 4) is 0 Å². The highest BCUT2D eigenvalue weighted by Crippen LogP contribution is 2.34. The number of nitrogens with one attached hydrogen (secondary N) is 1. The molecule has 2 nitrogen and oxygen atoms in total. The Morgan fingerprint density at radius 3 is 2.67 bits per heavy atom. The molecule has 2 aliphatic carbocycles. The number of benzene rings is 1. The summed E-state index contributed by atoms with van der Waals surface area (Å²) in [5, 5.41) is 2.95. The van der Waals surface area contributed by atoms with E-state index in [1.165, 1.54) is 18.9 Å². The van der Waals surface area contributed by atoms with Crippen LogP contribution >= 0.6 is 0 Å². The molecule has 18 heavy (non-hydrogen) atoms. The molecule has 0 saturated heterocycles. The maximum absolute atomic E-state index is 13.6. The van der Waals surface area contributed by atoms with Gasteiger partial charge in [0, 0.05) is 11.6 Å². The Morgan fingerprint density at radius 2 is 2.06 bits per heavy atom. The normalized spacial score (nSPS) is 18.8. The van der Waals surface area contributed by atoms with Gasteiger partial charge in [0.15, 0.2) is 0 Å². The molecule has 1 amide bonds. The van der Waals surface area contributed by atoms with Crippen molar-refractivity contribution in [1.82, 2.24) is 5.32 Å². The van der Waals surface area contributed by atoms with Crippen molar-refractivity contribution in [2.45, 2.75) is 45.1 Å². The maximum Gasteiger partial charge on any atom is 0.251 e. The minimum atomic E-state index is -0.282. The first kappa shape index (κ1) is 11.7. The van der Waals surface area contributed by atoms with Gasteiger partial charge in [0.05, 0.1) is 0 Å². The van der Waals surface area contributed by atoms with E-state index in [4.69, 9.17) is 0 Å². The molecule has 0 aromatic heterocycles. The Hall–Kier alpha value is -1.38. The smallest absolute Gasteiger partial charge is 0.251 e. The van der Waals surface area contributed by atoms with Gasteiger partial charge >= 0.3 is 0 Å².